The number of furan rings is 1. The van der Waals surface area contributed by atoms with Gasteiger partial charge in [-0.25, -0.2) is 0 Å². The lowest BCUT2D eigenvalue weighted by molar-refractivity contribution is 0.529. The van der Waals surface area contributed by atoms with Crippen molar-refractivity contribution in [2.75, 3.05) is 11.9 Å². The van der Waals surface area contributed by atoms with E-state index in [9.17, 15) is 0 Å². The molecule has 0 aliphatic carbocycles. The molecule has 0 saturated heterocycles. The molecule has 0 atom stereocenters. The van der Waals surface area contributed by atoms with E-state index in [0.29, 0.717) is 17.5 Å². The molecule has 2 heterocycles. The molecule has 0 unspecified atom stereocenters. The first-order chi connectivity index (χ1) is 7.18. The molecule has 2 aromatic heterocycles. The maximum atomic E-state index is 5.89. The van der Waals surface area contributed by atoms with Crippen molar-refractivity contribution < 1.29 is 4.42 Å². The molecule has 2 rings (SSSR count). The molecule has 6 heteroatoms. The molecule has 0 fully saturated rings. The van der Waals surface area contributed by atoms with Crippen LogP contribution in [0, 0.1) is 6.92 Å². The number of nitrogens with zero attached hydrogens (tertiary/aromatic N) is 3. The van der Waals surface area contributed by atoms with Crippen LogP contribution in [-0.4, -0.2) is 15.8 Å². The highest BCUT2D eigenvalue weighted by molar-refractivity contribution is 6.99. The zero-order chi connectivity index (χ0) is 10.8. The van der Waals surface area contributed by atoms with Crippen molar-refractivity contribution in [1.82, 2.24) is 8.75 Å². The minimum absolute atomic E-state index is 0.448. The van der Waals surface area contributed by atoms with Gasteiger partial charge in [-0.3, -0.25) is 0 Å². The van der Waals surface area contributed by atoms with E-state index in [1.807, 2.05) is 24.9 Å². The largest absolute Gasteiger partial charge is 0.469 e. The summed E-state index contributed by atoms with van der Waals surface area (Å²) in [6, 6.07) is 1.94. The fourth-order valence-electron chi connectivity index (χ4n) is 1.31. The van der Waals surface area contributed by atoms with E-state index < -0.39 is 0 Å². The second kappa shape index (κ2) is 4.20. The average molecular weight is 244 g/mol. The van der Waals surface area contributed by atoms with E-state index in [4.69, 9.17) is 16.0 Å². The highest BCUT2D eigenvalue weighted by Gasteiger charge is 2.12. The van der Waals surface area contributed by atoms with Gasteiger partial charge in [0, 0.05) is 19.2 Å². The smallest absolute Gasteiger partial charge is 0.187 e. The lowest BCUT2D eigenvalue weighted by atomic mass is 10.2. The van der Waals surface area contributed by atoms with E-state index in [1.165, 1.54) is 0 Å². The predicted molar refractivity (Wildman–Crippen MR) is 60.5 cm³/mol. The summed E-state index contributed by atoms with van der Waals surface area (Å²) in [5, 5.41) is 0.448. The van der Waals surface area contributed by atoms with Crippen LogP contribution in [0.5, 0.6) is 0 Å². The molecule has 80 valence electrons. The van der Waals surface area contributed by atoms with Crippen molar-refractivity contribution in [3.63, 3.8) is 0 Å². The van der Waals surface area contributed by atoms with Gasteiger partial charge in [-0.2, -0.15) is 8.75 Å². The predicted octanol–water partition coefficient (Wildman–Crippen LogP) is 2.73. The third-order valence-electron chi connectivity index (χ3n) is 2.17. The topological polar surface area (TPSA) is 42.2 Å². The molecule has 0 bridgehead atoms. The molecular weight excluding hydrogens is 234 g/mol. The summed E-state index contributed by atoms with van der Waals surface area (Å²) < 4.78 is 13.3. The van der Waals surface area contributed by atoms with Gasteiger partial charge in [-0.05, 0) is 13.0 Å². The summed E-state index contributed by atoms with van der Waals surface area (Å²) in [5.41, 5.74) is 1.13. The normalized spacial score (nSPS) is 10.6. The fourth-order valence-corrected chi connectivity index (χ4v) is 2.13. The summed E-state index contributed by atoms with van der Waals surface area (Å²) in [4.78, 5) is 1.95. The van der Waals surface area contributed by atoms with Gasteiger partial charge in [0.15, 0.2) is 11.0 Å². The third-order valence-corrected chi connectivity index (χ3v) is 3.04. The minimum Gasteiger partial charge on any atom is -0.469 e. The molecule has 0 aliphatic heterocycles. The molecule has 0 aromatic carbocycles. The number of aromatic nitrogens is 2. The van der Waals surface area contributed by atoms with Crippen LogP contribution in [0.2, 0.25) is 5.15 Å². The Hall–Kier alpha value is -1.07. The first-order valence-electron chi connectivity index (χ1n) is 4.40. The first-order valence-corrected chi connectivity index (χ1v) is 5.51. The Morgan fingerprint density at radius 3 is 2.87 bits per heavy atom. The van der Waals surface area contributed by atoms with Crippen molar-refractivity contribution in [3.8, 4) is 0 Å². The molecule has 0 amide bonds. The van der Waals surface area contributed by atoms with Crippen molar-refractivity contribution in [3.05, 3.63) is 28.8 Å². The highest BCUT2D eigenvalue weighted by atomic mass is 35.5. The molecule has 0 aliphatic rings. The Balaban J connectivity index is 2.14. The lowest BCUT2D eigenvalue weighted by Crippen LogP contribution is -2.17. The summed E-state index contributed by atoms with van der Waals surface area (Å²) >= 11 is 7.00. The Kier molecular flexibility index (Phi) is 2.93. The SMILES string of the molecule is Cc1occc1CN(C)c1nsnc1Cl. The molecule has 0 radical (unpaired) electrons. The van der Waals surface area contributed by atoms with Gasteiger partial charge in [0.2, 0.25) is 0 Å². The highest BCUT2D eigenvalue weighted by Crippen LogP contribution is 2.23. The van der Waals surface area contributed by atoms with Crippen LogP contribution in [0.15, 0.2) is 16.7 Å². The standard InChI is InChI=1S/C9H10ClN3OS/c1-6-7(3-4-14-6)5-13(2)9-8(10)11-15-12-9/h3-4H,5H2,1-2H3. The minimum atomic E-state index is 0.448. The summed E-state index contributed by atoms with van der Waals surface area (Å²) in [5.74, 6) is 1.63. The summed E-state index contributed by atoms with van der Waals surface area (Å²) in [6.07, 6.45) is 1.68. The summed E-state index contributed by atoms with van der Waals surface area (Å²) in [7, 11) is 1.93. The first kappa shape index (κ1) is 10.4. The van der Waals surface area contributed by atoms with Gasteiger partial charge in [0.25, 0.3) is 0 Å². The summed E-state index contributed by atoms with van der Waals surface area (Å²) in [6.45, 7) is 2.65. The van der Waals surface area contributed by atoms with Gasteiger partial charge in [-0.15, -0.1) is 0 Å². The van der Waals surface area contributed by atoms with Gasteiger partial charge in [0.1, 0.15) is 5.76 Å². The Bertz CT molecular complexity index is 454. The van der Waals surface area contributed by atoms with E-state index in [-0.39, 0.29) is 0 Å². The molecule has 2 aromatic rings. The Labute approximate surface area is 96.8 Å². The number of halogens is 1. The van der Waals surface area contributed by atoms with Crippen LogP contribution < -0.4 is 4.90 Å². The van der Waals surface area contributed by atoms with Crippen molar-refractivity contribution in [2.24, 2.45) is 0 Å². The monoisotopic (exact) mass is 243 g/mol. The van der Waals surface area contributed by atoms with Crippen LogP contribution in [0.1, 0.15) is 11.3 Å². The zero-order valence-corrected chi connectivity index (χ0v) is 9.97. The van der Waals surface area contributed by atoms with Crippen LogP contribution >= 0.6 is 23.3 Å². The second-order valence-corrected chi connectivity index (χ2v) is 4.12. The molecular formula is C9H10ClN3OS. The van der Waals surface area contributed by atoms with Gasteiger partial charge in [-0.1, -0.05) is 11.6 Å². The molecule has 4 nitrogen and oxygen atoms in total. The average Bonchev–Trinajstić information content (AvgIpc) is 2.76. The third kappa shape index (κ3) is 2.13. The molecule has 0 N–H and O–H groups in total. The fraction of sp³-hybridized carbons (Fsp3) is 0.333. The van der Waals surface area contributed by atoms with Crippen LogP contribution in [0.4, 0.5) is 5.82 Å². The van der Waals surface area contributed by atoms with E-state index in [0.717, 1.165) is 23.1 Å². The van der Waals surface area contributed by atoms with Crippen LogP contribution in [0.25, 0.3) is 0 Å². The Morgan fingerprint density at radius 1 is 1.53 bits per heavy atom. The number of aryl methyl sites for hydroxylation is 1. The van der Waals surface area contributed by atoms with Crippen LogP contribution in [-0.2, 0) is 6.54 Å². The van der Waals surface area contributed by atoms with E-state index in [1.54, 1.807) is 6.26 Å². The second-order valence-electron chi connectivity index (χ2n) is 3.24. The van der Waals surface area contributed by atoms with Gasteiger partial charge < -0.3 is 9.32 Å². The number of rotatable bonds is 3. The van der Waals surface area contributed by atoms with Gasteiger partial charge in [0.05, 0.1) is 18.0 Å². The molecule has 15 heavy (non-hydrogen) atoms. The molecule has 0 spiro atoms. The molecule has 0 saturated carbocycles. The number of anilines is 1. The van der Waals surface area contributed by atoms with Crippen molar-refractivity contribution in [1.29, 1.82) is 0 Å². The number of hydrogen-bond acceptors (Lipinski definition) is 5. The quantitative estimate of drug-likeness (QED) is 0.831. The van der Waals surface area contributed by atoms with Crippen molar-refractivity contribution >= 4 is 29.1 Å². The zero-order valence-electron chi connectivity index (χ0n) is 8.40. The maximum Gasteiger partial charge on any atom is 0.187 e. The number of hydrogen-bond donors (Lipinski definition) is 0. The Morgan fingerprint density at radius 2 is 2.33 bits per heavy atom. The van der Waals surface area contributed by atoms with Crippen LogP contribution in [0.3, 0.4) is 0 Å². The van der Waals surface area contributed by atoms with Gasteiger partial charge >= 0.3 is 0 Å². The van der Waals surface area contributed by atoms with Crippen molar-refractivity contribution in [2.45, 2.75) is 13.5 Å². The maximum absolute atomic E-state index is 5.89. The lowest BCUT2D eigenvalue weighted by Gasteiger charge is -2.15. The van der Waals surface area contributed by atoms with E-state index >= 15 is 0 Å². The van der Waals surface area contributed by atoms with E-state index in [2.05, 4.69) is 8.75 Å².